The molecule has 0 aliphatic heterocycles. The van der Waals surface area contributed by atoms with Crippen LogP contribution in [0.1, 0.15) is 245 Å². The average Bonchev–Trinajstić information content (AvgIpc) is 3.36. The summed E-state index contributed by atoms with van der Waals surface area (Å²) in [5.41, 5.74) is 0. The Morgan fingerprint density at radius 1 is 0.432 bits per heavy atom. The van der Waals surface area contributed by atoms with Crippen molar-refractivity contribution in [3.8, 4) is 0 Å². The molecule has 0 aliphatic rings. The van der Waals surface area contributed by atoms with Gasteiger partial charge >= 0.3 is 11.9 Å². The van der Waals surface area contributed by atoms with Gasteiger partial charge in [-0.1, -0.05) is 233 Å². The SMILES string of the molecule is CC/C=C\C/C=C\C/C=C\C/C=C\C/C=C\C/C=C\C/C=C\CCCCCCCCCCCC(=O)OC(COC(=O)CCCCCCCCCCC/C=C\CCCCCCCC)COP(=O)([O-])OCC[N+](C)(C)C. The van der Waals surface area contributed by atoms with E-state index in [9.17, 15) is 19.0 Å². The fourth-order valence-corrected chi connectivity index (χ4v) is 8.71. The molecule has 0 rings (SSSR count). The van der Waals surface area contributed by atoms with Crippen molar-refractivity contribution in [1.82, 2.24) is 0 Å². The van der Waals surface area contributed by atoms with Crippen molar-refractivity contribution in [2.75, 3.05) is 47.5 Å². The van der Waals surface area contributed by atoms with Gasteiger partial charge in [-0.2, -0.15) is 0 Å². The summed E-state index contributed by atoms with van der Waals surface area (Å²) < 4.78 is 34.2. The minimum absolute atomic E-state index is 0.0363. The summed E-state index contributed by atoms with van der Waals surface area (Å²) >= 11 is 0. The van der Waals surface area contributed by atoms with Gasteiger partial charge in [0.05, 0.1) is 27.7 Å². The Morgan fingerprint density at radius 2 is 0.770 bits per heavy atom. The lowest BCUT2D eigenvalue weighted by Crippen LogP contribution is -2.37. The largest absolute Gasteiger partial charge is 0.756 e. The van der Waals surface area contributed by atoms with E-state index in [0.29, 0.717) is 17.4 Å². The fourth-order valence-electron chi connectivity index (χ4n) is 7.98. The predicted molar refractivity (Wildman–Crippen MR) is 314 cm³/mol. The number of hydrogen-bond acceptors (Lipinski definition) is 8. The molecular formula is C64H112NO8P. The number of phosphoric ester groups is 1. The molecule has 0 spiro atoms. The topological polar surface area (TPSA) is 111 Å². The van der Waals surface area contributed by atoms with Gasteiger partial charge in [-0.3, -0.25) is 14.2 Å². The van der Waals surface area contributed by atoms with Gasteiger partial charge < -0.3 is 27.9 Å². The minimum Gasteiger partial charge on any atom is -0.756 e. The molecule has 0 aliphatic carbocycles. The maximum absolute atomic E-state index is 12.8. The van der Waals surface area contributed by atoms with Crippen LogP contribution in [0.2, 0.25) is 0 Å². The van der Waals surface area contributed by atoms with Crippen molar-refractivity contribution in [2.45, 2.75) is 251 Å². The van der Waals surface area contributed by atoms with Crippen LogP contribution in [-0.4, -0.2) is 70.0 Å². The number of rotatable bonds is 54. The van der Waals surface area contributed by atoms with Crippen LogP contribution < -0.4 is 4.89 Å². The van der Waals surface area contributed by atoms with Gasteiger partial charge in [0.2, 0.25) is 0 Å². The van der Waals surface area contributed by atoms with Crippen molar-refractivity contribution >= 4 is 19.8 Å². The quantitative estimate of drug-likeness (QED) is 0.0195. The van der Waals surface area contributed by atoms with E-state index in [1.54, 1.807) is 0 Å². The van der Waals surface area contributed by atoms with Gasteiger partial charge in [-0.15, -0.1) is 0 Å². The molecule has 0 heterocycles. The zero-order valence-electron chi connectivity index (χ0n) is 48.3. The van der Waals surface area contributed by atoms with Crippen molar-refractivity contribution in [3.05, 3.63) is 97.2 Å². The zero-order valence-corrected chi connectivity index (χ0v) is 49.2. The number of ether oxygens (including phenoxy) is 2. The Bertz CT molecular complexity index is 1570. The molecule has 9 nitrogen and oxygen atoms in total. The number of hydrogen-bond donors (Lipinski definition) is 0. The van der Waals surface area contributed by atoms with E-state index in [1.165, 1.54) is 122 Å². The second-order valence-electron chi connectivity index (χ2n) is 21.0. The van der Waals surface area contributed by atoms with Crippen LogP contribution in [0.5, 0.6) is 0 Å². The van der Waals surface area contributed by atoms with E-state index in [-0.39, 0.29) is 32.0 Å². The van der Waals surface area contributed by atoms with Gasteiger partial charge in [-0.25, -0.2) is 0 Å². The molecule has 0 amide bonds. The number of nitrogens with zero attached hydrogens (tertiary/aromatic N) is 1. The van der Waals surface area contributed by atoms with Gasteiger partial charge in [0.25, 0.3) is 7.82 Å². The first-order chi connectivity index (χ1) is 36.0. The molecule has 0 aromatic rings. The zero-order chi connectivity index (χ0) is 54.2. The van der Waals surface area contributed by atoms with E-state index >= 15 is 0 Å². The Kier molecular flexibility index (Phi) is 52.4. The highest BCUT2D eigenvalue weighted by Crippen LogP contribution is 2.38. The monoisotopic (exact) mass is 1050 g/mol. The smallest absolute Gasteiger partial charge is 0.306 e. The molecule has 74 heavy (non-hydrogen) atoms. The molecule has 426 valence electrons. The number of carbonyl (C=O) groups is 2. The predicted octanol–water partition coefficient (Wildman–Crippen LogP) is 18.2. The third kappa shape index (κ3) is 58.2. The number of carbonyl (C=O) groups excluding carboxylic acids is 2. The van der Waals surface area contributed by atoms with E-state index in [1.807, 2.05) is 21.1 Å². The van der Waals surface area contributed by atoms with E-state index < -0.39 is 26.5 Å². The molecule has 10 heteroatoms. The van der Waals surface area contributed by atoms with Crippen LogP contribution in [0.25, 0.3) is 0 Å². The lowest BCUT2D eigenvalue weighted by Gasteiger charge is -2.28. The molecule has 0 fully saturated rings. The summed E-state index contributed by atoms with van der Waals surface area (Å²) in [4.78, 5) is 37.9. The molecule has 2 unspecified atom stereocenters. The standard InChI is InChI=1S/C64H112NO8P/c1-6-8-10-12-14-16-18-20-22-24-26-27-28-29-30-31-32-33-34-35-36-37-39-41-43-45-47-49-51-53-55-57-64(67)73-62(61-72-74(68,69)71-59-58-65(3,4)5)60-70-63(66)56-54-52-50-48-46-44-42-40-38-25-23-21-19-17-15-13-11-9-7-2/h8,10,14,16,20-23,26-27,29-30,32-33,35-36,62H,6-7,9,11-13,15,17-19,24-25,28,31,34,37-61H2,1-5H3/b10-8-,16-14-,22-20-,23-21-,27-26-,30-29-,33-32-,36-35-. The summed E-state index contributed by atoms with van der Waals surface area (Å²) in [6, 6.07) is 0. The van der Waals surface area contributed by atoms with Crippen molar-refractivity contribution < 1.29 is 42.1 Å². The Labute approximate surface area is 455 Å². The molecule has 0 aromatic heterocycles. The Balaban J connectivity index is 4.18. The molecule has 2 atom stereocenters. The molecule has 0 radical (unpaired) electrons. The number of allylic oxidation sites excluding steroid dienone is 16. The van der Waals surface area contributed by atoms with Crippen LogP contribution in [0.4, 0.5) is 0 Å². The molecule has 0 aromatic carbocycles. The molecule has 0 saturated carbocycles. The number of phosphoric acid groups is 1. The molecule has 0 bridgehead atoms. The third-order valence-electron chi connectivity index (χ3n) is 12.6. The van der Waals surface area contributed by atoms with Gasteiger partial charge in [0.1, 0.15) is 19.8 Å². The lowest BCUT2D eigenvalue weighted by atomic mass is 10.1. The third-order valence-corrected chi connectivity index (χ3v) is 13.6. The highest BCUT2D eigenvalue weighted by molar-refractivity contribution is 7.45. The van der Waals surface area contributed by atoms with Crippen LogP contribution >= 0.6 is 7.82 Å². The van der Waals surface area contributed by atoms with Crippen LogP contribution in [0, 0.1) is 0 Å². The number of likely N-dealkylation sites (N-methyl/N-ethyl adjacent to an activating group) is 1. The minimum atomic E-state index is -4.64. The van der Waals surface area contributed by atoms with Gasteiger partial charge in [0.15, 0.2) is 6.10 Å². The van der Waals surface area contributed by atoms with Gasteiger partial charge in [0, 0.05) is 12.8 Å². The van der Waals surface area contributed by atoms with Crippen molar-refractivity contribution in [1.29, 1.82) is 0 Å². The fraction of sp³-hybridized carbons (Fsp3) is 0.719. The molecular weight excluding hydrogens is 942 g/mol. The highest BCUT2D eigenvalue weighted by atomic mass is 31.2. The molecule has 0 N–H and O–H groups in total. The summed E-state index contributed by atoms with van der Waals surface area (Å²) in [6.07, 6.45) is 74.5. The highest BCUT2D eigenvalue weighted by Gasteiger charge is 2.22. The molecule has 0 saturated heterocycles. The normalized spacial score (nSPS) is 14.0. The summed E-state index contributed by atoms with van der Waals surface area (Å²) in [5.74, 6) is -0.843. The first kappa shape index (κ1) is 70.9. The number of unbranched alkanes of at least 4 members (excludes halogenated alkanes) is 24. The first-order valence-electron chi connectivity index (χ1n) is 29.9. The van der Waals surface area contributed by atoms with Crippen LogP contribution in [-0.2, 0) is 32.7 Å². The van der Waals surface area contributed by atoms with Crippen LogP contribution in [0.3, 0.4) is 0 Å². The second-order valence-corrected chi connectivity index (χ2v) is 22.4. The summed E-state index contributed by atoms with van der Waals surface area (Å²) in [6.45, 7) is 4.12. The summed E-state index contributed by atoms with van der Waals surface area (Å²) in [5, 5.41) is 0. The maximum Gasteiger partial charge on any atom is 0.306 e. The summed E-state index contributed by atoms with van der Waals surface area (Å²) in [7, 11) is 1.15. The van der Waals surface area contributed by atoms with E-state index in [4.69, 9.17) is 18.5 Å². The van der Waals surface area contributed by atoms with E-state index in [0.717, 1.165) is 89.9 Å². The first-order valence-corrected chi connectivity index (χ1v) is 31.4. The maximum atomic E-state index is 12.8. The number of esters is 2. The van der Waals surface area contributed by atoms with Gasteiger partial charge in [-0.05, 0) is 96.3 Å². The average molecular weight is 1050 g/mol. The second kappa shape index (κ2) is 54.7. The lowest BCUT2D eigenvalue weighted by molar-refractivity contribution is -0.870. The van der Waals surface area contributed by atoms with Crippen molar-refractivity contribution in [2.24, 2.45) is 0 Å². The van der Waals surface area contributed by atoms with E-state index in [2.05, 4.69) is 111 Å². The Hall–Kier alpha value is -3.07. The number of quaternary nitrogens is 1. The van der Waals surface area contributed by atoms with Crippen molar-refractivity contribution in [3.63, 3.8) is 0 Å². The Morgan fingerprint density at radius 3 is 1.16 bits per heavy atom. The van der Waals surface area contributed by atoms with Crippen LogP contribution in [0.15, 0.2) is 97.2 Å².